The van der Waals surface area contributed by atoms with E-state index in [1.165, 1.54) is 0 Å². The van der Waals surface area contributed by atoms with Gasteiger partial charge >= 0.3 is 0 Å². The Morgan fingerprint density at radius 3 is 1.17 bits per heavy atom. The average Bonchev–Trinajstić information content (AvgIpc) is 3.77. The van der Waals surface area contributed by atoms with Crippen LogP contribution in [0.15, 0.2) is 200 Å². The highest BCUT2D eigenvalue weighted by atomic mass is 16.3. The fourth-order valence-corrected chi connectivity index (χ4v) is 8.50. The Morgan fingerprint density at radius 2 is 0.741 bits per heavy atom. The normalized spacial score (nSPS) is 12.6. The monoisotopic (exact) mass is 696 g/mol. The average molecular weight is 697 g/mol. The van der Waals surface area contributed by atoms with E-state index in [-0.39, 0.29) is 0 Å². The zero-order valence-electron chi connectivity index (χ0n) is 29.4. The largest absolute Gasteiger partial charge is 0.384 e. The molecule has 2 aromatic heterocycles. The van der Waals surface area contributed by atoms with Crippen LogP contribution in [0.2, 0.25) is 0 Å². The maximum absolute atomic E-state index is 13.8. The van der Waals surface area contributed by atoms with Crippen LogP contribution in [-0.4, -0.2) is 19.3 Å². The van der Waals surface area contributed by atoms with Gasteiger partial charge in [-0.05, 0) is 53.1 Å². The van der Waals surface area contributed by atoms with Crippen LogP contribution in [0.4, 0.5) is 0 Å². The van der Waals surface area contributed by atoms with Crippen molar-refractivity contribution in [1.29, 1.82) is 0 Å². The van der Waals surface area contributed by atoms with Gasteiger partial charge in [0.25, 0.3) is 0 Å². The molecular weight excluding hydrogens is 661 g/mol. The van der Waals surface area contributed by atoms with Gasteiger partial charge in [-0.25, -0.2) is 0 Å². The summed E-state index contributed by atoms with van der Waals surface area (Å²) < 4.78 is 4.51. The molecule has 0 fully saturated rings. The molecule has 0 bridgehead atoms. The SMILES string of the molecule is OC(c1ccccc1)c1cc(-n2c3ccccc3c3ccccc32)c(C(O)(c2ccccc2)c2ccccc2)cc1-n1c2ccccc2c2ccccc21. The Labute approximate surface area is 313 Å². The number of fused-ring (bicyclic) bond motifs is 6. The molecule has 1 unspecified atom stereocenters. The van der Waals surface area contributed by atoms with Crippen LogP contribution in [0, 0.1) is 0 Å². The van der Waals surface area contributed by atoms with E-state index in [4.69, 9.17) is 0 Å². The molecule has 1 atom stereocenters. The van der Waals surface area contributed by atoms with Crippen molar-refractivity contribution in [2.75, 3.05) is 0 Å². The minimum Gasteiger partial charge on any atom is -0.384 e. The molecule has 0 saturated heterocycles. The van der Waals surface area contributed by atoms with Crippen LogP contribution in [-0.2, 0) is 5.60 Å². The summed E-state index contributed by atoms with van der Waals surface area (Å²) in [5.41, 5.74) is 7.66. The van der Waals surface area contributed by atoms with E-state index in [0.717, 1.165) is 77.2 Å². The first-order valence-corrected chi connectivity index (χ1v) is 18.3. The van der Waals surface area contributed by atoms with E-state index >= 15 is 0 Å². The summed E-state index contributed by atoms with van der Waals surface area (Å²) in [6.07, 6.45) is -0.983. The molecule has 10 aromatic rings. The van der Waals surface area contributed by atoms with E-state index in [2.05, 4.69) is 118 Å². The van der Waals surface area contributed by atoms with Crippen LogP contribution in [0.1, 0.15) is 33.9 Å². The smallest absolute Gasteiger partial charge is 0.142 e. The fraction of sp³-hybridized carbons (Fsp3) is 0.0400. The number of aliphatic hydroxyl groups is 2. The van der Waals surface area contributed by atoms with Gasteiger partial charge in [0, 0.05) is 32.7 Å². The van der Waals surface area contributed by atoms with E-state index in [1.807, 2.05) is 91.0 Å². The highest BCUT2D eigenvalue weighted by Crippen LogP contribution is 2.46. The predicted molar refractivity (Wildman–Crippen MR) is 221 cm³/mol. The quantitative estimate of drug-likeness (QED) is 0.163. The molecule has 0 spiro atoms. The second-order valence-corrected chi connectivity index (χ2v) is 13.9. The van der Waals surface area contributed by atoms with Crippen molar-refractivity contribution >= 4 is 43.6 Å². The minimum absolute atomic E-state index is 0.687. The summed E-state index contributed by atoms with van der Waals surface area (Å²) in [5.74, 6) is 0. The van der Waals surface area contributed by atoms with E-state index < -0.39 is 11.7 Å². The Hall–Kier alpha value is -6.72. The van der Waals surface area contributed by atoms with Gasteiger partial charge in [0.05, 0.1) is 33.4 Å². The number of aromatic nitrogens is 2. The van der Waals surface area contributed by atoms with Crippen molar-refractivity contribution in [1.82, 2.24) is 9.13 Å². The molecule has 2 N–H and O–H groups in total. The maximum Gasteiger partial charge on any atom is 0.142 e. The Morgan fingerprint density at radius 1 is 0.389 bits per heavy atom. The molecule has 10 rings (SSSR count). The molecular formula is C50H36N2O2. The van der Waals surface area contributed by atoms with Gasteiger partial charge in [0.2, 0.25) is 0 Å². The molecule has 0 radical (unpaired) electrons. The molecule has 258 valence electrons. The van der Waals surface area contributed by atoms with Gasteiger partial charge in [0.15, 0.2) is 0 Å². The van der Waals surface area contributed by atoms with E-state index in [1.54, 1.807) is 0 Å². The van der Waals surface area contributed by atoms with Gasteiger partial charge in [-0.2, -0.15) is 0 Å². The molecule has 0 aliphatic heterocycles. The topological polar surface area (TPSA) is 50.3 Å². The van der Waals surface area contributed by atoms with Crippen LogP contribution in [0.5, 0.6) is 0 Å². The zero-order valence-corrected chi connectivity index (χ0v) is 29.4. The maximum atomic E-state index is 13.8. The summed E-state index contributed by atoms with van der Waals surface area (Å²) in [4.78, 5) is 0. The lowest BCUT2D eigenvalue weighted by Crippen LogP contribution is -2.31. The number of rotatable bonds is 7. The number of aliphatic hydroxyl groups excluding tert-OH is 1. The third-order valence-corrected chi connectivity index (χ3v) is 11.0. The van der Waals surface area contributed by atoms with Crippen LogP contribution < -0.4 is 0 Å². The van der Waals surface area contributed by atoms with Crippen molar-refractivity contribution in [2.24, 2.45) is 0 Å². The van der Waals surface area contributed by atoms with Gasteiger partial charge in [-0.1, -0.05) is 164 Å². The molecule has 8 aromatic carbocycles. The number of para-hydroxylation sites is 4. The van der Waals surface area contributed by atoms with Gasteiger partial charge < -0.3 is 19.3 Å². The second-order valence-electron chi connectivity index (χ2n) is 13.9. The molecule has 4 heteroatoms. The third kappa shape index (κ3) is 4.85. The van der Waals surface area contributed by atoms with Crippen molar-refractivity contribution in [3.05, 3.63) is 228 Å². The zero-order chi connectivity index (χ0) is 36.2. The van der Waals surface area contributed by atoms with Crippen molar-refractivity contribution < 1.29 is 10.2 Å². The summed E-state index contributed by atoms with van der Waals surface area (Å²) in [6.45, 7) is 0. The van der Waals surface area contributed by atoms with Crippen molar-refractivity contribution in [2.45, 2.75) is 11.7 Å². The highest BCUT2D eigenvalue weighted by molar-refractivity contribution is 6.10. The lowest BCUT2D eigenvalue weighted by Gasteiger charge is -2.34. The Bertz CT molecular complexity index is 2820. The molecule has 54 heavy (non-hydrogen) atoms. The standard InChI is InChI=1S/C50H36N2O2/c53-49(34-18-4-1-5-19-34)41-32-48(52-45-30-16-12-26-39(45)40-27-13-17-31-46(40)52)42(50(54,35-20-6-2-7-21-35)36-22-8-3-9-23-36)33-47(41)51-43-28-14-10-24-37(43)38-25-11-15-29-44(38)51/h1-33,49,53-54H. The number of benzene rings is 8. The summed E-state index contributed by atoms with van der Waals surface area (Å²) in [7, 11) is 0. The Balaban J connectivity index is 1.43. The third-order valence-electron chi connectivity index (χ3n) is 11.0. The number of nitrogens with zero attached hydrogens (tertiary/aromatic N) is 2. The predicted octanol–water partition coefficient (Wildman–Crippen LogP) is 11.2. The number of hydrogen-bond donors (Lipinski definition) is 2. The molecule has 0 aliphatic carbocycles. The minimum atomic E-state index is -1.60. The Kier molecular flexibility index (Phi) is 7.55. The lowest BCUT2D eigenvalue weighted by atomic mass is 9.78. The van der Waals surface area contributed by atoms with E-state index in [0.29, 0.717) is 5.56 Å². The van der Waals surface area contributed by atoms with Crippen LogP contribution in [0.25, 0.3) is 55.0 Å². The van der Waals surface area contributed by atoms with Crippen LogP contribution in [0.3, 0.4) is 0 Å². The fourth-order valence-electron chi connectivity index (χ4n) is 8.50. The number of hydrogen-bond acceptors (Lipinski definition) is 2. The molecule has 0 aliphatic rings. The first-order valence-electron chi connectivity index (χ1n) is 18.3. The van der Waals surface area contributed by atoms with Gasteiger partial charge in [-0.3, -0.25) is 0 Å². The van der Waals surface area contributed by atoms with Gasteiger partial charge in [-0.15, -0.1) is 0 Å². The summed E-state index contributed by atoms with van der Waals surface area (Å²) >= 11 is 0. The molecule has 4 nitrogen and oxygen atoms in total. The summed E-state index contributed by atoms with van der Waals surface area (Å²) in [5, 5.41) is 30.8. The first-order chi connectivity index (χ1) is 26.6. The van der Waals surface area contributed by atoms with E-state index in [9.17, 15) is 10.2 Å². The molecule has 2 heterocycles. The van der Waals surface area contributed by atoms with Gasteiger partial charge in [0.1, 0.15) is 11.7 Å². The molecule has 0 saturated carbocycles. The van der Waals surface area contributed by atoms with Crippen molar-refractivity contribution in [3.8, 4) is 11.4 Å². The lowest BCUT2D eigenvalue weighted by molar-refractivity contribution is 0.125. The molecule has 0 amide bonds. The van der Waals surface area contributed by atoms with Crippen LogP contribution >= 0.6 is 0 Å². The van der Waals surface area contributed by atoms with Crippen molar-refractivity contribution in [3.63, 3.8) is 0 Å². The first kappa shape index (κ1) is 32.0. The summed E-state index contributed by atoms with van der Waals surface area (Å²) in [6, 6.07) is 67.6. The highest BCUT2D eigenvalue weighted by Gasteiger charge is 2.38. The second kappa shape index (κ2) is 12.7.